The van der Waals surface area contributed by atoms with Gasteiger partial charge in [-0.25, -0.2) is 0 Å². The predicted molar refractivity (Wildman–Crippen MR) is 142 cm³/mol. The van der Waals surface area contributed by atoms with Gasteiger partial charge in [0.25, 0.3) is 0 Å². The van der Waals surface area contributed by atoms with Crippen molar-refractivity contribution in [2.24, 2.45) is 10.8 Å². The van der Waals surface area contributed by atoms with Crippen LogP contribution in [0.2, 0.25) is 0 Å². The number of ketones is 2. The third-order valence-electron chi connectivity index (χ3n) is 8.21. The summed E-state index contributed by atoms with van der Waals surface area (Å²) in [6.07, 6.45) is 2.58. The third kappa shape index (κ3) is 4.18. The number of Topliss-reactive ketones (excluding diaryl/α,β-unsaturated/α-hetero) is 2. The van der Waals surface area contributed by atoms with Crippen molar-refractivity contribution >= 4 is 11.6 Å². The van der Waals surface area contributed by atoms with Crippen molar-refractivity contribution in [2.75, 3.05) is 6.79 Å². The Kier molecular flexibility index (Phi) is 5.41. The Balaban J connectivity index is 1.55. The second-order valence-corrected chi connectivity index (χ2v) is 12.7. The number of rotatable bonds is 3. The number of aryl methyl sites for hydroxylation is 1. The summed E-state index contributed by atoms with van der Waals surface area (Å²) in [6.45, 7) is 11.6. The van der Waals surface area contributed by atoms with Gasteiger partial charge < -0.3 is 14.4 Å². The van der Waals surface area contributed by atoms with E-state index in [-0.39, 0.29) is 35.1 Å². The van der Waals surface area contributed by atoms with Crippen LogP contribution in [0, 0.1) is 17.8 Å². The highest BCUT2D eigenvalue weighted by atomic mass is 16.7. The van der Waals surface area contributed by atoms with E-state index in [2.05, 4.69) is 69.9 Å². The predicted octanol–water partition coefficient (Wildman–Crippen LogP) is 6.61. The molecule has 5 heteroatoms. The van der Waals surface area contributed by atoms with Crippen LogP contribution < -0.4 is 9.47 Å². The number of hydrogen-bond donors (Lipinski definition) is 0. The molecule has 4 aliphatic rings. The second kappa shape index (κ2) is 8.34. The van der Waals surface area contributed by atoms with E-state index in [1.165, 1.54) is 5.56 Å². The summed E-state index contributed by atoms with van der Waals surface area (Å²) >= 11 is 0. The quantitative estimate of drug-likeness (QED) is 0.478. The van der Waals surface area contributed by atoms with E-state index in [1.54, 1.807) is 0 Å². The van der Waals surface area contributed by atoms with Crippen LogP contribution in [-0.2, 0) is 16.1 Å². The molecule has 0 unspecified atom stereocenters. The van der Waals surface area contributed by atoms with Crippen LogP contribution in [0.15, 0.2) is 65.0 Å². The van der Waals surface area contributed by atoms with Crippen LogP contribution in [-0.4, -0.2) is 23.3 Å². The van der Waals surface area contributed by atoms with E-state index in [9.17, 15) is 9.59 Å². The molecular weight excluding hydrogens is 462 g/mol. The second-order valence-electron chi connectivity index (χ2n) is 12.7. The Labute approximate surface area is 219 Å². The SMILES string of the molecule is Cc1ccc(C2C3=C(CC(C)(C)CC3=O)N(Cc3ccc4c(c3)OCO4)C3=C2C(=O)CC(C)(C)C3)cc1. The average Bonchev–Trinajstić information content (AvgIpc) is 3.27. The molecule has 2 aliphatic carbocycles. The highest BCUT2D eigenvalue weighted by Gasteiger charge is 2.48. The molecule has 37 heavy (non-hydrogen) atoms. The van der Waals surface area contributed by atoms with Gasteiger partial charge in [-0.1, -0.05) is 63.6 Å². The number of carbonyl (C=O) groups excluding carboxylic acids is 2. The zero-order chi connectivity index (χ0) is 26.1. The minimum absolute atomic E-state index is 0.146. The summed E-state index contributed by atoms with van der Waals surface area (Å²) in [5.74, 6) is 1.53. The summed E-state index contributed by atoms with van der Waals surface area (Å²) in [5.41, 5.74) is 6.77. The van der Waals surface area contributed by atoms with E-state index < -0.39 is 0 Å². The maximum atomic E-state index is 13.9. The number of nitrogens with zero attached hydrogens (tertiary/aromatic N) is 1. The zero-order valence-corrected chi connectivity index (χ0v) is 22.4. The summed E-state index contributed by atoms with van der Waals surface area (Å²) in [6, 6.07) is 14.4. The molecule has 0 fully saturated rings. The monoisotopic (exact) mass is 497 g/mol. The first-order valence-corrected chi connectivity index (χ1v) is 13.3. The van der Waals surface area contributed by atoms with E-state index in [0.717, 1.165) is 58.0 Å². The van der Waals surface area contributed by atoms with Crippen molar-refractivity contribution < 1.29 is 19.1 Å². The van der Waals surface area contributed by atoms with Crippen LogP contribution in [0.3, 0.4) is 0 Å². The first-order valence-electron chi connectivity index (χ1n) is 13.3. The smallest absolute Gasteiger partial charge is 0.231 e. The third-order valence-corrected chi connectivity index (χ3v) is 8.21. The molecular formula is C32H35NO4. The molecule has 5 nitrogen and oxygen atoms in total. The minimum Gasteiger partial charge on any atom is -0.454 e. The van der Waals surface area contributed by atoms with Crippen molar-refractivity contribution in [3.8, 4) is 11.5 Å². The molecule has 0 N–H and O–H groups in total. The normalized spacial score (nSPS) is 22.4. The van der Waals surface area contributed by atoms with Crippen molar-refractivity contribution in [2.45, 2.75) is 72.8 Å². The van der Waals surface area contributed by atoms with Crippen LogP contribution in [0.25, 0.3) is 0 Å². The fourth-order valence-electron chi connectivity index (χ4n) is 6.55. The topological polar surface area (TPSA) is 55.8 Å². The Morgan fingerprint density at radius 2 is 1.35 bits per heavy atom. The molecule has 6 rings (SSSR count). The molecule has 0 bridgehead atoms. The van der Waals surface area contributed by atoms with Gasteiger partial charge in [-0.3, -0.25) is 9.59 Å². The highest BCUT2D eigenvalue weighted by Crippen LogP contribution is 2.54. The number of benzene rings is 2. The van der Waals surface area contributed by atoms with Crippen molar-refractivity contribution in [1.29, 1.82) is 0 Å². The number of hydrogen-bond acceptors (Lipinski definition) is 5. The molecule has 2 aliphatic heterocycles. The van der Waals surface area contributed by atoms with Gasteiger partial charge in [-0.2, -0.15) is 0 Å². The van der Waals surface area contributed by atoms with Gasteiger partial charge in [0.1, 0.15) is 0 Å². The summed E-state index contributed by atoms with van der Waals surface area (Å²) in [5, 5.41) is 0. The van der Waals surface area contributed by atoms with Crippen molar-refractivity contribution in [3.63, 3.8) is 0 Å². The van der Waals surface area contributed by atoms with Gasteiger partial charge in [-0.05, 0) is 53.9 Å². The molecule has 0 saturated carbocycles. The molecule has 2 aromatic carbocycles. The van der Waals surface area contributed by atoms with Crippen LogP contribution in [0.5, 0.6) is 11.5 Å². The maximum Gasteiger partial charge on any atom is 0.231 e. The minimum atomic E-state index is -0.300. The lowest BCUT2D eigenvalue weighted by atomic mass is 9.63. The van der Waals surface area contributed by atoms with Crippen molar-refractivity contribution in [1.82, 2.24) is 4.90 Å². The van der Waals surface area contributed by atoms with Crippen molar-refractivity contribution in [3.05, 3.63) is 81.7 Å². The van der Waals surface area contributed by atoms with Gasteiger partial charge in [-0.15, -0.1) is 0 Å². The lowest BCUT2D eigenvalue weighted by molar-refractivity contribution is -0.119. The number of fused-ring (bicyclic) bond motifs is 1. The molecule has 0 saturated heterocycles. The molecule has 0 atom stereocenters. The van der Waals surface area contributed by atoms with Crippen LogP contribution in [0.1, 0.15) is 76.0 Å². The fraction of sp³-hybridized carbons (Fsp3) is 0.438. The van der Waals surface area contributed by atoms with Gasteiger partial charge in [0.2, 0.25) is 6.79 Å². The summed E-state index contributed by atoms with van der Waals surface area (Å²) in [4.78, 5) is 30.1. The van der Waals surface area contributed by atoms with Gasteiger partial charge in [0.15, 0.2) is 23.1 Å². The standard InChI is InChI=1S/C32H35NO4/c1-19-6-9-21(10-7-19)28-29-22(13-31(2,3)15-24(29)34)33(23-14-32(4,5)16-25(35)30(23)28)17-20-8-11-26-27(12-20)37-18-36-26/h6-12,28H,13-18H2,1-5H3. The van der Waals surface area contributed by atoms with E-state index in [4.69, 9.17) is 9.47 Å². The van der Waals surface area contributed by atoms with Gasteiger partial charge >= 0.3 is 0 Å². The Morgan fingerprint density at radius 1 is 0.784 bits per heavy atom. The van der Waals surface area contributed by atoms with Crippen LogP contribution >= 0.6 is 0 Å². The van der Waals surface area contributed by atoms with E-state index in [1.807, 2.05) is 12.1 Å². The van der Waals surface area contributed by atoms with Crippen LogP contribution in [0.4, 0.5) is 0 Å². The Morgan fingerprint density at radius 3 is 1.95 bits per heavy atom. The molecule has 192 valence electrons. The van der Waals surface area contributed by atoms with E-state index >= 15 is 0 Å². The maximum absolute atomic E-state index is 13.9. The highest BCUT2D eigenvalue weighted by molar-refractivity contribution is 6.06. The molecule has 0 radical (unpaired) electrons. The fourth-order valence-corrected chi connectivity index (χ4v) is 6.55. The molecule has 0 spiro atoms. The average molecular weight is 498 g/mol. The molecule has 2 heterocycles. The largest absolute Gasteiger partial charge is 0.454 e. The number of allylic oxidation sites excluding steroid dienone is 4. The molecule has 0 aromatic heterocycles. The summed E-state index contributed by atoms with van der Waals surface area (Å²) < 4.78 is 11.2. The van der Waals surface area contributed by atoms with E-state index in [0.29, 0.717) is 19.4 Å². The Hall–Kier alpha value is -3.34. The Bertz CT molecular complexity index is 1320. The molecule has 0 amide bonds. The van der Waals surface area contributed by atoms with Gasteiger partial charge in [0.05, 0.1) is 0 Å². The first-order chi connectivity index (χ1) is 17.5. The lowest BCUT2D eigenvalue weighted by Gasteiger charge is -2.49. The first kappa shape index (κ1) is 24.0. The number of ether oxygens (including phenoxy) is 2. The number of carbonyl (C=O) groups is 2. The van der Waals surface area contributed by atoms with Gasteiger partial charge in [0, 0.05) is 47.8 Å². The zero-order valence-electron chi connectivity index (χ0n) is 22.4. The lowest BCUT2D eigenvalue weighted by Crippen LogP contribution is -2.44. The summed E-state index contributed by atoms with van der Waals surface area (Å²) in [7, 11) is 0. The molecule has 2 aromatic rings.